The Bertz CT molecular complexity index is 1010. The Hall–Kier alpha value is -3.22. The smallest absolute Gasteiger partial charge is 0.254 e. The number of ether oxygens (including phenoxy) is 2. The zero-order valence-electron chi connectivity index (χ0n) is 16.4. The van der Waals surface area contributed by atoms with E-state index in [2.05, 4.69) is 27.0 Å². The van der Waals surface area contributed by atoms with Crippen molar-refractivity contribution in [1.29, 1.82) is 0 Å². The van der Waals surface area contributed by atoms with Crippen LogP contribution in [-0.4, -0.2) is 61.2 Å². The Balaban J connectivity index is 1.45. The SMILES string of the molecule is COc1ccc(C(=O)N2CCN(c3ccc4nc(C)[nH]c4c3)CC2)cc1OC. The van der Waals surface area contributed by atoms with Crippen molar-refractivity contribution in [1.82, 2.24) is 14.9 Å². The number of hydrogen-bond acceptors (Lipinski definition) is 5. The lowest BCUT2D eigenvalue weighted by atomic mass is 10.1. The molecule has 0 atom stereocenters. The summed E-state index contributed by atoms with van der Waals surface area (Å²) < 4.78 is 10.6. The fraction of sp³-hybridized carbons (Fsp3) is 0.333. The largest absolute Gasteiger partial charge is 0.493 e. The van der Waals surface area contributed by atoms with Gasteiger partial charge in [0.05, 0.1) is 25.3 Å². The summed E-state index contributed by atoms with van der Waals surface area (Å²) in [7, 11) is 3.16. The molecule has 0 aliphatic carbocycles. The molecule has 3 aromatic rings. The standard InChI is InChI=1S/C21H24N4O3/c1-14-22-17-6-5-16(13-18(17)23-14)24-8-10-25(11-9-24)21(26)15-4-7-19(27-2)20(12-15)28-3/h4-7,12-13H,8-11H2,1-3H3,(H,22,23). The van der Waals surface area contributed by atoms with Gasteiger partial charge >= 0.3 is 0 Å². The third-order valence-electron chi connectivity index (χ3n) is 5.15. The van der Waals surface area contributed by atoms with E-state index < -0.39 is 0 Å². The van der Waals surface area contributed by atoms with Crippen LogP contribution in [0.25, 0.3) is 11.0 Å². The fourth-order valence-corrected chi connectivity index (χ4v) is 3.64. The lowest BCUT2D eigenvalue weighted by molar-refractivity contribution is 0.0746. The number of benzene rings is 2. The molecule has 0 spiro atoms. The number of hydrogen-bond donors (Lipinski definition) is 1. The molecule has 1 saturated heterocycles. The zero-order chi connectivity index (χ0) is 19.7. The van der Waals surface area contributed by atoms with Gasteiger partial charge in [0.2, 0.25) is 0 Å². The highest BCUT2D eigenvalue weighted by Crippen LogP contribution is 2.28. The number of methoxy groups -OCH3 is 2. The van der Waals surface area contributed by atoms with E-state index in [4.69, 9.17) is 9.47 Å². The molecule has 1 fully saturated rings. The molecule has 146 valence electrons. The number of amides is 1. The minimum Gasteiger partial charge on any atom is -0.493 e. The molecular weight excluding hydrogens is 356 g/mol. The van der Waals surface area contributed by atoms with E-state index in [-0.39, 0.29) is 5.91 Å². The van der Waals surface area contributed by atoms with Crippen LogP contribution in [0.3, 0.4) is 0 Å². The second-order valence-electron chi connectivity index (χ2n) is 6.87. The van der Waals surface area contributed by atoms with Gasteiger partial charge in [-0.25, -0.2) is 4.98 Å². The van der Waals surface area contributed by atoms with Crippen molar-refractivity contribution < 1.29 is 14.3 Å². The topological polar surface area (TPSA) is 70.7 Å². The molecule has 0 bridgehead atoms. The maximum absolute atomic E-state index is 12.9. The van der Waals surface area contributed by atoms with Crippen molar-refractivity contribution in [3.05, 3.63) is 47.8 Å². The summed E-state index contributed by atoms with van der Waals surface area (Å²) in [5.74, 6) is 2.11. The molecule has 1 aliphatic heterocycles. The van der Waals surface area contributed by atoms with Gasteiger partial charge in [-0.05, 0) is 43.3 Å². The first-order valence-electron chi connectivity index (χ1n) is 9.31. The summed E-state index contributed by atoms with van der Waals surface area (Å²) in [6.07, 6.45) is 0. The number of piperazine rings is 1. The minimum atomic E-state index is 0.0141. The molecule has 28 heavy (non-hydrogen) atoms. The van der Waals surface area contributed by atoms with Gasteiger partial charge in [0.15, 0.2) is 11.5 Å². The lowest BCUT2D eigenvalue weighted by Crippen LogP contribution is -2.48. The summed E-state index contributed by atoms with van der Waals surface area (Å²) in [6, 6.07) is 11.5. The van der Waals surface area contributed by atoms with E-state index in [1.807, 2.05) is 17.9 Å². The number of rotatable bonds is 4. The average Bonchev–Trinajstić information content (AvgIpc) is 3.12. The monoisotopic (exact) mass is 380 g/mol. The Morgan fingerprint density at radius 1 is 1.00 bits per heavy atom. The number of aromatic nitrogens is 2. The number of aromatic amines is 1. The second-order valence-corrected chi connectivity index (χ2v) is 6.87. The maximum Gasteiger partial charge on any atom is 0.254 e. The van der Waals surface area contributed by atoms with Crippen LogP contribution in [-0.2, 0) is 0 Å². The van der Waals surface area contributed by atoms with Crippen molar-refractivity contribution >= 4 is 22.6 Å². The van der Waals surface area contributed by atoms with Gasteiger partial charge in [-0.2, -0.15) is 0 Å². The number of fused-ring (bicyclic) bond motifs is 1. The summed E-state index contributed by atoms with van der Waals surface area (Å²) in [4.78, 5) is 24.8. The van der Waals surface area contributed by atoms with Crippen molar-refractivity contribution in [3.8, 4) is 11.5 Å². The van der Waals surface area contributed by atoms with Crippen LogP contribution in [0.5, 0.6) is 11.5 Å². The van der Waals surface area contributed by atoms with Crippen LogP contribution in [0.2, 0.25) is 0 Å². The number of H-pyrrole nitrogens is 1. The first-order chi connectivity index (χ1) is 13.6. The van der Waals surface area contributed by atoms with E-state index in [1.165, 1.54) is 0 Å². The van der Waals surface area contributed by atoms with E-state index in [1.54, 1.807) is 32.4 Å². The van der Waals surface area contributed by atoms with E-state index >= 15 is 0 Å². The molecule has 0 radical (unpaired) electrons. The highest BCUT2D eigenvalue weighted by molar-refractivity contribution is 5.95. The van der Waals surface area contributed by atoms with E-state index in [0.717, 1.165) is 35.6 Å². The second kappa shape index (κ2) is 7.42. The normalized spacial score (nSPS) is 14.4. The van der Waals surface area contributed by atoms with Gasteiger partial charge in [0, 0.05) is 37.4 Å². The fourth-order valence-electron chi connectivity index (χ4n) is 3.64. The third kappa shape index (κ3) is 3.35. The van der Waals surface area contributed by atoms with Gasteiger partial charge in [-0.15, -0.1) is 0 Å². The van der Waals surface area contributed by atoms with Crippen LogP contribution in [0, 0.1) is 6.92 Å². The molecule has 0 unspecified atom stereocenters. The average molecular weight is 380 g/mol. The number of nitrogens with zero attached hydrogens (tertiary/aromatic N) is 3. The molecule has 0 saturated carbocycles. The van der Waals surface area contributed by atoms with Crippen LogP contribution < -0.4 is 14.4 Å². The number of anilines is 1. The van der Waals surface area contributed by atoms with Gasteiger partial charge in [-0.1, -0.05) is 0 Å². The predicted molar refractivity (Wildman–Crippen MR) is 108 cm³/mol. The number of imidazole rings is 1. The third-order valence-corrected chi connectivity index (χ3v) is 5.15. The van der Waals surface area contributed by atoms with Gasteiger partial charge in [0.25, 0.3) is 5.91 Å². The van der Waals surface area contributed by atoms with Crippen LogP contribution in [0.1, 0.15) is 16.2 Å². The molecule has 1 aliphatic rings. The van der Waals surface area contributed by atoms with Crippen molar-refractivity contribution in [3.63, 3.8) is 0 Å². The van der Waals surface area contributed by atoms with E-state index in [9.17, 15) is 4.79 Å². The van der Waals surface area contributed by atoms with Crippen LogP contribution in [0.15, 0.2) is 36.4 Å². The summed E-state index contributed by atoms with van der Waals surface area (Å²) in [5.41, 5.74) is 3.78. The van der Waals surface area contributed by atoms with Crippen LogP contribution in [0.4, 0.5) is 5.69 Å². The molecule has 1 N–H and O–H groups in total. The van der Waals surface area contributed by atoms with Crippen molar-refractivity contribution in [2.75, 3.05) is 45.3 Å². The first-order valence-corrected chi connectivity index (χ1v) is 9.31. The molecule has 1 aromatic heterocycles. The maximum atomic E-state index is 12.9. The minimum absolute atomic E-state index is 0.0141. The van der Waals surface area contributed by atoms with E-state index in [0.29, 0.717) is 30.2 Å². The Morgan fingerprint density at radius 3 is 2.46 bits per heavy atom. The highest BCUT2D eigenvalue weighted by Gasteiger charge is 2.23. The van der Waals surface area contributed by atoms with Gasteiger partial charge in [-0.3, -0.25) is 4.79 Å². The highest BCUT2D eigenvalue weighted by atomic mass is 16.5. The predicted octanol–water partition coefficient (Wildman–Crippen LogP) is 2.85. The molecular formula is C21H24N4O3. The zero-order valence-corrected chi connectivity index (χ0v) is 16.4. The number of aryl methyl sites for hydroxylation is 1. The molecule has 2 heterocycles. The number of nitrogens with one attached hydrogen (secondary N) is 1. The number of carbonyl (C=O) groups is 1. The number of carbonyl (C=O) groups excluding carboxylic acids is 1. The van der Waals surface area contributed by atoms with Gasteiger partial charge in [0.1, 0.15) is 5.82 Å². The first kappa shape index (κ1) is 18.2. The summed E-state index contributed by atoms with van der Waals surface area (Å²) in [6.45, 7) is 4.88. The molecule has 7 heteroatoms. The van der Waals surface area contributed by atoms with Crippen LogP contribution >= 0.6 is 0 Å². The molecule has 2 aromatic carbocycles. The van der Waals surface area contributed by atoms with Gasteiger partial charge < -0.3 is 24.3 Å². The Morgan fingerprint density at radius 2 is 1.75 bits per heavy atom. The van der Waals surface area contributed by atoms with Crippen molar-refractivity contribution in [2.45, 2.75) is 6.92 Å². The molecule has 4 rings (SSSR count). The quantitative estimate of drug-likeness (QED) is 0.754. The molecule has 1 amide bonds. The lowest BCUT2D eigenvalue weighted by Gasteiger charge is -2.36. The Labute approximate surface area is 163 Å². The summed E-state index contributed by atoms with van der Waals surface area (Å²) in [5, 5.41) is 0. The Kier molecular flexibility index (Phi) is 4.81. The van der Waals surface area contributed by atoms with Crippen molar-refractivity contribution in [2.24, 2.45) is 0 Å². The summed E-state index contributed by atoms with van der Waals surface area (Å²) >= 11 is 0. The molecule has 7 nitrogen and oxygen atoms in total.